The maximum Gasteiger partial charge on any atom is 0.256 e. The van der Waals surface area contributed by atoms with Crippen molar-refractivity contribution in [1.82, 2.24) is 4.90 Å². The van der Waals surface area contributed by atoms with Crippen LogP contribution < -0.4 is 0 Å². The topological polar surface area (TPSA) is 37.4 Å². The first kappa shape index (κ1) is 10.1. The molecule has 1 aliphatic heterocycles. The number of hydrogen-bond donors (Lipinski definition) is 0. The Bertz CT molecular complexity index is 355. The summed E-state index contributed by atoms with van der Waals surface area (Å²) in [6.07, 6.45) is 5.99. The number of rotatable bonds is 2. The quantitative estimate of drug-likeness (QED) is 0.509. The van der Waals surface area contributed by atoms with Crippen LogP contribution in [-0.2, 0) is 9.59 Å². The molecule has 0 radical (unpaired) electrons. The molecule has 0 atom stereocenters. The zero-order valence-corrected chi connectivity index (χ0v) is 8.79. The second-order valence-corrected chi connectivity index (χ2v) is 4.06. The van der Waals surface area contributed by atoms with E-state index in [4.69, 9.17) is 0 Å². The monoisotopic (exact) mass is 205 g/mol. The fraction of sp³-hybridized carbons (Fsp3) is 0.500. The van der Waals surface area contributed by atoms with Crippen molar-refractivity contribution in [3.05, 3.63) is 23.8 Å². The van der Waals surface area contributed by atoms with Crippen LogP contribution in [0.1, 0.15) is 32.1 Å². The number of amides is 2. The van der Waals surface area contributed by atoms with Crippen LogP contribution in [0.3, 0.4) is 0 Å². The van der Waals surface area contributed by atoms with Gasteiger partial charge in [0.25, 0.3) is 5.91 Å². The van der Waals surface area contributed by atoms with Crippen molar-refractivity contribution >= 4 is 11.8 Å². The maximum absolute atomic E-state index is 12.0. The van der Waals surface area contributed by atoms with Gasteiger partial charge in [-0.3, -0.25) is 14.5 Å². The van der Waals surface area contributed by atoms with E-state index in [1.807, 2.05) is 0 Å². The molecule has 2 amide bonds. The molecular formula is C12H15NO2. The lowest BCUT2D eigenvalue weighted by molar-refractivity contribution is -0.142. The van der Waals surface area contributed by atoms with E-state index in [9.17, 15) is 9.59 Å². The summed E-state index contributed by atoms with van der Waals surface area (Å²) in [5, 5.41) is 0. The largest absolute Gasteiger partial charge is 0.275 e. The van der Waals surface area contributed by atoms with E-state index in [1.165, 1.54) is 4.90 Å². The van der Waals surface area contributed by atoms with Gasteiger partial charge in [-0.2, -0.15) is 0 Å². The van der Waals surface area contributed by atoms with Crippen LogP contribution in [-0.4, -0.2) is 23.3 Å². The second kappa shape index (κ2) is 4.01. The first-order valence-electron chi connectivity index (χ1n) is 5.40. The zero-order chi connectivity index (χ0) is 10.8. The number of carbonyl (C=O) groups excluding carboxylic acids is 2. The molecule has 15 heavy (non-hydrogen) atoms. The molecule has 0 unspecified atom stereocenters. The van der Waals surface area contributed by atoms with Gasteiger partial charge in [0, 0.05) is 18.5 Å². The molecule has 1 aliphatic carbocycles. The fourth-order valence-electron chi connectivity index (χ4n) is 2.29. The van der Waals surface area contributed by atoms with Gasteiger partial charge in [-0.25, -0.2) is 0 Å². The summed E-state index contributed by atoms with van der Waals surface area (Å²) in [5.41, 5.74) is 1.97. The van der Waals surface area contributed by atoms with E-state index in [0.29, 0.717) is 13.0 Å². The SMILES string of the molecule is C=CCN1C(=O)CC2=C(CCCC2)C1=O. The average Bonchev–Trinajstić information content (AvgIpc) is 2.24. The highest BCUT2D eigenvalue weighted by molar-refractivity contribution is 6.08. The third-order valence-corrected chi connectivity index (χ3v) is 3.06. The van der Waals surface area contributed by atoms with E-state index in [1.54, 1.807) is 6.08 Å². The molecule has 2 rings (SSSR count). The van der Waals surface area contributed by atoms with Gasteiger partial charge in [0.1, 0.15) is 0 Å². The minimum Gasteiger partial charge on any atom is -0.275 e. The molecule has 80 valence electrons. The minimum absolute atomic E-state index is 0.0689. The van der Waals surface area contributed by atoms with E-state index in [2.05, 4.69) is 6.58 Å². The summed E-state index contributed by atoms with van der Waals surface area (Å²) in [6.45, 7) is 3.91. The lowest BCUT2D eigenvalue weighted by atomic mass is 9.86. The predicted octanol–water partition coefficient (Wildman–Crippen LogP) is 1.80. The second-order valence-electron chi connectivity index (χ2n) is 4.06. The summed E-state index contributed by atoms with van der Waals surface area (Å²) >= 11 is 0. The van der Waals surface area contributed by atoms with Gasteiger partial charge >= 0.3 is 0 Å². The van der Waals surface area contributed by atoms with E-state index >= 15 is 0 Å². The van der Waals surface area contributed by atoms with E-state index in [-0.39, 0.29) is 11.8 Å². The molecule has 0 aromatic heterocycles. The predicted molar refractivity (Wildman–Crippen MR) is 57.0 cm³/mol. The van der Waals surface area contributed by atoms with Gasteiger partial charge in [0.15, 0.2) is 0 Å². The third-order valence-electron chi connectivity index (χ3n) is 3.06. The van der Waals surface area contributed by atoms with Gasteiger partial charge in [-0.1, -0.05) is 11.6 Å². The van der Waals surface area contributed by atoms with Crippen LogP contribution in [0.15, 0.2) is 23.8 Å². The summed E-state index contributed by atoms with van der Waals surface area (Å²) < 4.78 is 0. The summed E-state index contributed by atoms with van der Waals surface area (Å²) in [7, 11) is 0. The van der Waals surface area contributed by atoms with Crippen molar-refractivity contribution in [2.75, 3.05) is 6.54 Å². The lowest BCUT2D eigenvalue weighted by Gasteiger charge is -2.30. The van der Waals surface area contributed by atoms with Gasteiger partial charge < -0.3 is 0 Å². The Hall–Kier alpha value is -1.38. The number of imide groups is 1. The smallest absolute Gasteiger partial charge is 0.256 e. The van der Waals surface area contributed by atoms with Gasteiger partial charge in [-0.05, 0) is 25.7 Å². The Kier molecular flexibility index (Phi) is 2.71. The molecule has 0 fully saturated rings. The summed E-state index contributed by atoms with van der Waals surface area (Å²) in [5.74, 6) is -0.151. The molecule has 0 aromatic rings. The van der Waals surface area contributed by atoms with E-state index < -0.39 is 0 Å². The highest BCUT2D eigenvalue weighted by atomic mass is 16.2. The van der Waals surface area contributed by atoms with Crippen molar-refractivity contribution in [3.8, 4) is 0 Å². The Morgan fingerprint density at radius 1 is 1.27 bits per heavy atom. The molecular weight excluding hydrogens is 190 g/mol. The third kappa shape index (κ3) is 1.74. The number of hydrogen-bond acceptors (Lipinski definition) is 2. The zero-order valence-electron chi connectivity index (χ0n) is 8.79. The Labute approximate surface area is 89.4 Å². The maximum atomic E-state index is 12.0. The van der Waals surface area contributed by atoms with Crippen LogP contribution >= 0.6 is 0 Å². The molecule has 0 saturated carbocycles. The number of nitrogens with zero attached hydrogens (tertiary/aromatic N) is 1. The molecule has 0 saturated heterocycles. The van der Waals surface area contributed by atoms with Crippen LogP contribution in [0.25, 0.3) is 0 Å². The summed E-state index contributed by atoms with van der Waals surface area (Å²) in [4.78, 5) is 24.9. The van der Waals surface area contributed by atoms with Crippen LogP contribution in [0.4, 0.5) is 0 Å². The normalized spacial score (nSPS) is 21.7. The molecule has 3 heteroatoms. The van der Waals surface area contributed by atoms with Crippen molar-refractivity contribution in [2.45, 2.75) is 32.1 Å². The van der Waals surface area contributed by atoms with Gasteiger partial charge in [0.05, 0.1) is 0 Å². The molecule has 3 nitrogen and oxygen atoms in total. The average molecular weight is 205 g/mol. The Morgan fingerprint density at radius 2 is 2.00 bits per heavy atom. The van der Waals surface area contributed by atoms with Crippen LogP contribution in [0, 0.1) is 0 Å². The van der Waals surface area contributed by atoms with Crippen molar-refractivity contribution in [3.63, 3.8) is 0 Å². The van der Waals surface area contributed by atoms with Crippen LogP contribution in [0.2, 0.25) is 0 Å². The van der Waals surface area contributed by atoms with Crippen molar-refractivity contribution < 1.29 is 9.59 Å². The van der Waals surface area contributed by atoms with E-state index in [0.717, 1.165) is 36.8 Å². The number of carbonyl (C=O) groups is 2. The molecule has 2 aliphatic rings. The fourth-order valence-corrected chi connectivity index (χ4v) is 2.29. The first-order valence-corrected chi connectivity index (χ1v) is 5.40. The lowest BCUT2D eigenvalue weighted by Crippen LogP contribution is -2.42. The first-order chi connectivity index (χ1) is 7.24. The standard InChI is InChI=1S/C12H15NO2/c1-2-7-13-11(14)8-9-5-3-4-6-10(9)12(13)15/h2H,1,3-8H2. The van der Waals surface area contributed by atoms with Gasteiger partial charge in [-0.15, -0.1) is 6.58 Å². The summed E-state index contributed by atoms with van der Waals surface area (Å²) in [6, 6.07) is 0. The molecule has 0 N–H and O–H groups in total. The molecule has 0 aromatic carbocycles. The van der Waals surface area contributed by atoms with Crippen molar-refractivity contribution in [1.29, 1.82) is 0 Å². The van der Waals surface area contributed by atoms with Gasteiger partial charge in [0.2, 0.25) is 5.91 Å². The van der Waals surface area contributed by atoms with Crippen LogP contribution in [0.5, 0.6) is 0 Å². The highest BCUT2D eigenvalue weighted by Gasteiger charge is 2.32. The minimum atomic E-state index is -0.0825. The molecule has 0 spiro atoms. The Balaban J connectivity index is 2.29. The Morgan fingerprint density at radius 3 is 2.73 bits per heavy atom. The highest BCUT2D eigenvalue weighted by Crippen LogP contribution is 2.32. The molecule has 0 bridgehead atoms. The molecule has 1 heterocycles. The van der Waals surface area contributed by atoms with Crippen molar-refractivity contribution in [2.24, 2.45) is 0 Å².